The quantitative estimate of drug-likeness (QED) is 0.620. The summed E-state index contributed by atoms with van der Waals surface area (Å²) in [6.07, 6.45) is 0. The Balaban J connectivity index is 2.06. The van der Waals surface area contributed by atoms with Gasteiger partial charge in [0.05, 0.1) is 21.2 Å². The van der Waals surface area contributed by atoms with Crippen LogP contribution in [0.5, 0.6) is 0 Å². The number of fused-ring (bicyclic) bond motifs is 3. The Kier molecular flexibility index (Phi) is 3.09. The highest BCUT2D eigenvalue weighted by Gasteiger charge is 2.21. The number of benzene rings is 3. The Morgan fingerprint density at radius 1 is 0.727 bits per heavy atom. The highest BCUT2D eigenvalue weighted by atomic mass is 32.2. The molecular formula is C19H15NOS. The topological polar surface area (TPSA) is 29.4 Å². The third-order valence-corrected chi connectivity index (χ3v) is 6.12. The summed E-state index contributed by atoms with van der Waals surface area (Å²) in [6.45, 7) is 0. The summed E-state index contributed by atoms with van der Waals surface area (Å²) in [5.74, 6) is 0.446. The molecule has 2 nitrogen and oxygen atoms in total. The Labute approximate surface area is 130 Å². The van der Waals surface area contributed by atoms with E-state index in [0.717, 1.165) is 27.3 Å². The smallest absolute Gasteiger partial charge is 0.0843 e. The average Bonchev–Trinajstić information content (AvgIpc) is 2.70. The van der Waals surface area contributed by atoms with Crippen LogP contribution < -0.4 is 0 Å². The molecule has 0 amide bonds. The summed E-state index contributed by atoms with van der Waals surface area (Å²) in [5.41, 5.74) is 4.08. The summed E-state index contributed by atoms with van der Waals surface area (Å²) in [5, 5.41) is 0. The largest absolute Gasteiger partial charge is 0.244 e. The minimum Gasteiger partial charge on any atom is -0.244 e. The molecule has 3 heteroatoms. The zero-order chi connectivity index (χ0) is 15.0. The normalized spacial score (nSPS) is 19.5. The summed E-state index contributed by atoms with van der Waals surface area (Å²) >= 11 is 0. The van der Waals surface area contributed by atoms with Gasteiger partial charge in [-0.15, -0.1) is 0 Å². The molecule has 0 saturated carbocycles. The van der Waals surface area contributed by atoms with E-state index in [0.29, 0.717) is 5.75 Å². The zero-order valence-corrected chi connectivity index (χ0v) is 12.8. The fraction of sp³-hybridized carbons (Fsp3) is 0.0526. The predicted octanol–water partition coefficient (Wildman–Crippen LogP) is 5.03. The highest BCUT2D eigenvalue weighted by molar-refractivity contribution is 7.93. The lowest BCUT2D eigenvalue weighted by Gasteiger charge is -2.09. The van der Waals surface area contributed by atoms with Crippen molar-refractivity contribution in [2.45, 2.75) is 10.6 Å². The van der Waals surface area contributed by atoms with Gasteiger partial charge in [0.25, 0.3) is 0 Å². The molecule has 0 aliphatic carbocycles. The molecule has 1 unspecified atom stereocenters. The Bertz CT molecular complexity index is 954. The van der Waals surface area contributed by atoms with Gasteiger partial charge in [-0.3, -0.25) is 0 Å². The van der Waals surface area contributed by atoms with Crippen molar-refractivity contribution in [2.24, 2.45) is 4.36 Å². The summed E-state index contributed by atoms with van der Waals surface area (Å²) in [6, 6.07) is 25.7. The lowest BCUT2D eigenvalue weighted by molar-refractivity contribution is 0.676. The monoisotopic (exact) mass is 305 g/mol. The van der Waals surface area contributed by atoms with Gasteiger partial charge in [0.1, 0.15) is 0 Å². The van der Waals surface area contributed by atoms with E-state index in [1.54, 1.807) is 0 Å². The van der Waals surface area contributed by atoms with Crippen molar-refractivity contribution >= 4 is 15.4 Å². The molecule has 22 heavy (non-hydrogen) atoms. The summed E-state index contributed by atoms with van der Waals surface area (Å²) in [4.78, 5) is 0.793. The molecule has 0 spiro atoms. The average molecular weight is 305 g/mol. The van der Waals surface area contributed by atoms with Crippen molar-refractivity contribution in [3.05, 3.63) is 84.4 Å². The molecule has 4 rings (SSSR count). The molecule has 0 aromatic heterocycles. The molecule has 1 aliphatic rings. The maximum absolute atomic E-state index is 13.6. The molecule has 1 heterocycles. The van der Waals surface area contributed by atoms with Gasteiger partial charge < -0.3 is 0 Å². The third-order valence-electron chi connectivity index (χ3n) is 3.92. The maximum Gasteiger partial charge on any atom is 0.0843 e. The van der Waals surface area contributed by atoms with Crippen LogP contribution in [0.1, 0.15) is 5.56 Å². The van der Waals surface area contributed by atoms with Gasteiger partial charge in [-0.25, -0.2) is 4.21 Å². The van der Waals surface area contributed by atoms with E-state index >= 15 is 0 Å². The van der Waals surface area contributed by atoms with Crippen LogP contribution in [0.15, 0.2) is 88.1 Å². The molecule has 0 bridgehead atoms. The number of hydrogen-bond donors (Lipinski definition) is 0. The first-order chi connectivity index (χ1) is 10.8. The molecule has 0 radical (unpaired) electrons. The summed E-state index contributed by atoms with van der Waals surface area (Å²) in [7, 11) is -2.51. The van der Waals surface area contributed by atoms with Crippen molar-refractivity contribution in [3.63, 3.8) is 0 Å². The SMILES string of the molecule is O=S1(c2ccccc2)=Nc2ccccc2-c2ccccc2C1. The molecule has 1 atom stereocenters. The standard InChI is InChI=1S/C19H15NOS/c21-22(16-9-2-1-3-10-16)14-15-8-4-5-11-17(15)18-12-6-7-13-19(18)20-22/h1-13H,14H2. The van der Waals surface area contributed by atoms with Crippen LogP contribution in [0.25, 0.3) is 11.1 Å². The fourth-order valence-corrected chi connectivity index (χ4v) is 4.93. The van der Waals surface area contributed by atoms with Crippen molar-refractivity contribution in [2.75, 3.05) is 0 Å². The van der Waals surface area contributed by atoms with Gasteiger partial charge >= 0.3 is 0 Å². The lowest BCUT2D eigenvalue weighted by atomic mass is 9.99. The van der Waals surface area contributed by atoms with E-state index in [4.69, 9.17) is 0 Å². The second-order valence-corrected chi connectivity index (χ2v) is 7.59. The highest BCUT2D eigenvalue weighted by Crippen LogP contribution is 2.39. The molecule has 1 aliphatic heterocycles. The first-order valence-electron chi connectivity index (χ1n) is 7.23. The van der Waals surface area contributed by atoms with Crippen molar-refractivity contribution in [1.29, 1.82) is 0 Å². The van der Waals surface area contributed by atoms with Crippen LogP contribution in [-0.2, 0) is 15.5 Å². The van der Waals surface area contributed by atoms with Gasteiger partial charge in [-0.05, 0) is 29.3 Å². The fourth-order valence-electron chi connectivity index (χ4n) is 2.86. The van der Waals surface area contributed by atoms with Gasteiger partial charge in [0, 0.05) is 10.5 Å². The predicted molar refractivity (Wildman–Crippen MR) is 90.5 cm³/mol. The van der Waals surface area contributed by atoms with E-state index < -0.39 is 9.73 Å². The lowest BCUT2D eigenvalue weighted by Crippen LogP contribution is -2.04. The van der Waals surface area contributed by atoms with Crippen LogP contribution in [0.4, 0.5) is 5.69 Å². The molecule has 0 saturated heterocycles. The van der Waals surface area contributed by atoms with E-state index in [-0.39, 0.29) is 0 Å². The Hall–Kier alpha value is -2.39. The van der Waals surface area contributed by atoms with Gasteiger partial charge in [-0.2, -0.15) is 4.36 Å². The van der Waals surface area contributed by atoms with Crippen LogP contribution in [0.2, 0.25) is 0 Å². The number of nitrogens with zero attached hydrogens (tertiary/aromatic N) is 1. The van der Waals surface area contributed by atoms with Crippen LogP contribution >= 0.6 is 0 Å². The Morgan fingerprint density at radius 3 is 2.18 bits per heavy atom. The second-order valence-electron chi connectivity index (χ2n) is 5.36. The summed E-state index contributed by atoms with van der Waals surface area (Å²) < 4.78 is 18.3. The van der Waals surface area contributed by atoms with Gasteiger partial charge in [0.2, 0.25) is 0 Å². The van der Waals surface area contributed by atoms with Gasteiger partial charge in [-0.1, -0.05) is 60.7 Å². The van der Waals surface area contributed by atoms with Crippen LogP contribution in [0, 0.1) is 0 Å². The van der Waals surface area contributed by atoms with E-state index in [1.165, 1.54) is 0 Å². The first kappa shape index (κ1) is 13.3. The van der Waals surface area contributed by atoms with E-state index in [1.807, 2.05) is 66.7 Å². The molecule has 0 N–H and O–H groups in total. The van der Waals surface area contributed by atoms with Crippen molar-refractivity contribution in [3.8, 4) is 11.1 Å². The molecule has 3 aromatic carbocycles. The number of rotatable bonds is 1. The minimum absolute atomic E-state index is 0.446. The number of hydrogen-bond acceptors (Lipinski definition) is 2. The third kappa shape index (κ3) is 2.14. The molecule has 108 valence electrons. The second kappa shape index (κ2) is 5.11. The van der Waals surface area contributed by atoms with Crippen molar-refractivity contribution in [1.82, 2.24) is 0 Å². The molecular weight excluding hydrogens is 290 g/mol. The zero-order valence-electron chi connectivity index (χ0n) is 12.0. The first-order valence-corrected chi connectivity index (χ1v) is 8.92. The molecule has 0 fully saturated rings. The minimum atomic E-state index is -2.51. The van der Waals surface area contributed by atoms with Crippen molar-refractivity contribution < 1.29 is 4.21 Å². The van der Waals surface area contributed by atoms with Crippen LogP contribution in [0.3, 0.4) is 0 Å². The van der Waals surface area contributed by atoms with E-state index in [2.05, 4.69) is 16.5 Å². The maximum atomic E-state index is 13.6. The van der Waals surface area contributed by atoms with E-state index in [9.17, 15) is 4.21 Å². The Morgan fingerprint density at radius 2 is 1.36 bits per heavy atom. The van der Waals surface area contributed by atoms with Gasteiger partial charge in [0.15, 0.2) is 0 Å². The molecule has 3 aromatic rings. The van der Waals surface area contributed by atoms with Crippen LogP contribution in [-0.4, -0.2) is 4.21 Å².